The summed E-state index contributed by atoms with van der Waals surface area (Å²) in [7, 11) is -1.11. The summed E-state index contributed by atoms with van der Waals surface area (Å²) in [5.41, 5.74) is 1.19. The lowest BCUT2D eigenvalue weighted by atomic mass is 9.77. The van der Waals surface area contributed by atoms with Crippen molar-refractivity contribution in [3.05, 3.63) is 29.8 Å². The van der Waals surface area contributed by atoms with E-state index in [0.29, 0.717) is 16.9 Å². The Morgan fingerprint density at radius 3 is 2.35 bits per heavy atom. The lowest BCUT2D eigenvalue weighted by Crippen LogP contribution is -2.29. The van der Waals surface area contributed by atoms with Crippen LogP contribution in [0.25, 0.3) is 0 Å². The van der Waals surface area contributed by atoms with Crippen LogP contribution in [0.15, 0.2) is 29.2 Å². The van der Waals surface area contributed by atoms with E-state index in [4.69, 9.17) is 0 Å². The van der Waals surface area contributed by atoms with E-state index in [-0.39, 0.29) is 0 Å². The Kier molecular flexibility index (Phi) is 4.86. The van der Waals surface area contributed by atoms with Crippen molar-refractivity contribution in [1.82, 2.24) is 5.32 Å². The number of hydrogen-bond donors (Lipinski definition) is 1. The van der Waals surface area contributed by atoms with E-state index < -0.39 is 9.84 Å². The van der Waals surface area contributed by atoms with Gasteiger partial charge in [0.05, 0.1) is 4.90 Å². The van der Waals surface area contributed by atoms with Gasteiger partial charge in [0.2, 0.25) is 0 Å². The molecule has 1 aromatic rings. The zero-order chi connectivity index (χ0) is 14.8. The summed E-state index contributed by atoms with van der Waals surface area (Å²) in [6.45, 7) is 2.33. The molecule has 0 aromatic heterocycles. The van der Waals surface area contributed by atoms with Gasteiger partial charge < -0.3 is 5.32 Å². The van der Waals surface area contributed by atoms with Crippen LogP contribution in [0, 0.1) is 11.8 Å². The number of nitrogens with one attached hydrogen (secondary N) is 1. The van der Waals surface area contributed by atoms with Crippen molar-refractivity contribution in [2.75, 3.05) is 13.3 Å². The molecule has 20 heavy (non-hydrogen) atoms. The molecule has 2 rings (SSSR count). The average molecular weight is 295 g/mol. The van der Waals surface area contributed by atoms with Crippen LogP contribution in [0.2, 0.25) is 0 Å². The van der Waals surface area contributed by atoms with Crippen LogP contribution in [-0.2, 0) is 9.84 Å². The van der Waals surface area contributed by atoms with Gasteiger partial charge in [0.1, 0.15) is 0 Å². The van der Waals surface area contributed by atoms with Gasteiger partial charge >= 0.3 is 0 Å². The Bertz CT molecular complexity index is 536. The van der Waals surface area contributed by atoms with E-state index in [2.05, 4.69) is 12.2 Å². The highest BCUT2D eigenvalue weighted by molar-refractivity contribution is 7.90. The standard InChI is InChI=1S/C16H25NO2S/c1-12-5-4-6-14(11-12)16(17-2)13-7-9-15(10-8-13)20(3,18)19/h7-10,12,14,16-17H,4-6,11H2,1-3H3. The van der Waals surface area contributed by atoms with E-state index in [1.54, 1.807) is 12.1 Å². The SMILES string of the molecule is CNC(c1ccc(S(C)(=O)=O)cc1)C1CCCC(C)C1. The third-order valence-electron chi connectivity index (χ3n) is 4.43. The Labute approximate surface area is 122 Å². The maximum atomic E-state index is 11.5. The van der Waals surface area contributed by atoms with Gasteiger partial charge in [-0.15, -0.1) is 0 Å². The first-order valence-corrected chi connectivity index (χ1v) is 9.28. The zero-order valence-electron chi connectivity index (χ0n) is 12.6. The van der Waals surface area contributed by atoms with Gasteiger partial charge in [0, 0.05) is 12.3 Å². The van der Waals surface area contributed by atoms with Crippen LogP contribution in [0.5, 0.6) is 0 Å². The molecule has 3 atom stereocenters. The molecule has 1 aliphatic carbocycles. The van der Waals surface area contributed by atoms with Crippen molar-refractivity contribution in [3.63, 3.8) is 0 Å². The normalized spacial score (nSPS) is 25.4. The monoisotopic (exact) mass is 295 g/mol. The largest absolute Gasteiger partial charge is 0.313 e. The third kappa shape index (κ3) is 3.61. The second kappa shape index (κ2) is 6.27. The van der Waals surface area contributed by atoms with Crippen molar-refractivity contribution >= 4 is 9.84 Å². The molecule has 1 aliphatic rings. The molecular formula is C16H25NO2S. The minimum Gasteiger partial charge on any atom is -0.313 e. The van der Waals surface area contributed by atoms with Gasteiger partial charge in [-0.1, -0.05) is 31.9 Å². The number of benzene rings is 1. The second-order valence-corrected chi connectivity index (χ2v) is 8.16. The summed E-state index contributed by atoms with van der Waals surface area (Å²) in [4.78, 5) is 0.396. The summed E-state index contributed by atoms with van der Waals surface area (Å²) >= 11 is 0. The highest BCUT2D eigenvalue weighted by Crippen LogP contribution is 2.37. The van der Waals surface area contributed by atoms with Crippen LogP contribution in [0.3, 0.4) is 0 Å². The lowest BCUT2D eigenvalue weighted by Gasteiger charge is -2.33. The molecule has 0 spiro atoms. The Morgan fingerprint density at radius 2 is 1.85 bits per heavy atom. The number of hydrogen-bond acceptors (Lipinski definition) is 3. The molecule has 3 unspecified atom stereocenters. The molecule has 0 amide bonds. The van der Waals surface area contributed by atoms with E-state index >= 15 is 0 Å². The van der Waals surface area contributed by atoms with Crippen LogP contribution in [0.1, 0.15) is 44.2 Å². The molecule has 4 heteroatoms. The quantitative estimate of drug-likeness (QED) is 0.928. The average Bonchev–Trinajstić information content (AvgIpc) is 2.39. The fraction of sp³-hybridized carbons (Fsp3) is 0.625. The van der Waals surface area contributed by atoms with Crippen LogP contribution >= 0.6 is 0 Å². The van der Waals surface area contributed by atoms with Crippen molar-refractivity contribution in [3.8, 4) is 0 Å². The maximum Gasteiger partial charge on any atom is 0.175 e. The first-order valence-electron chi connectivity index (χ1n) is 7.39. The molecule has 1 N–H and O–H groups in total. The number of rotatable bonds is 4. The smallest absolute Gasteiger partial charge is 0.175 e. The topological polar surface area (TPSA) is 46.2 Å². The Balaban J connectivity index is 2.19. The molecule has 0 aliphatic heterocycles. The molecule has 0 saturated heterocycles. The third-order valence-corrected chi connectivity index (χ3v) is 5.56. The van der Waals surface area contributed by atoms with Crippen molar-refractivity contribution < 1.29 is 8.42 Å². The Hall–Kier alpha value is -0.870. The van der Waals surface area contributed by atoms with E-state index in [0.717, 1.165) is 5.92 Å². The fourth-order valence-corrected chi connectivity index (χ4v) is 4.01. The first-order chi connectivity index (χ1) is 9.41. The van der Waals surface area contributed by atoms with Gasteiger partial charge in [0.25, 0.3) is 0 Å². The first kappa shape index (κ1) is 15.5. The highest BCUT2D eigenvalue weighted by atomic mass is 32.2. The molecule has 0 radical (unpaired) electrons. The van der Waals surface area contributed by atoms with Gasteiger partial charge in [-0.05, 0) is 49.4 Å². The molecule has 1 aromatic carbocycles. The number of sulfone groups is 1. The van der Waals surface area contributed by atoms with Crippen LogP contribution in [-0.4, -0.2) is 21.7 Å². The molecule has 1 fully saturated rings. The van der Waals surface area contributed by atoms with Crippen molar-refractivity contribution in [2.45, 2.75) is 43.5 Å². The fourth-order valence-electron chi connectivity index (χ4n) is 3.38. The molecule has 1 saturated carbocycles. The molecule has 0 bridgehead atoms. The van der Waals surface area contributed by atoms with Gasteiger partial charge in [0.15, 0.2) is 9.84 Å². The zero-order valence-corrected chi connectivity index (χ0v) is 13.4. The lowest BCUT2D eigenvalue weighted by molar-refractivity contribution is 0.230. The van der Waals surface area contributed by atoms with E-state index in [1.165, 1.54) is 37.5 Å². The molecule has 3 nitrogen and oxygen atoms in total. The van der Waals surface area contributed by atoms with E-state index in [1.807, 2.05) is 19.2 Å². The highest BCUT2D eigenvalue weighted by Gasteiger charge is 2.26. The van der Waals surface area contributed by atoms with Crippen molar-refractivity contribution in [2.24, 2.45) is 11.8 Å². The van der Waals surface area contributed by atoms with Gasteiger partial charge in [-0.3, -0.25) is 0 Å². The van der Waals surface area contributed by atoms with E-state index in [9.17, 15) is 8.42 Å². The Morgan fingerprint density at radius 1 is 1.20 bits per heavy atom. The summed E-state index contributed by atoms with van der Waals surface area (Å²) in [6.07, 6.45) is 6.38. The summed E-state index contributed by atoms with van der Waals surface area (Å²) in [5.74, 6) is 1.44. The summed E-state index contributed by atoms with van der Waals surface area (Å²) in [6, 6.07) is 7.68. The van der Waals surface area contributed by atoms with Gasteiger partial charge in [-0.2, -0.15) is 0 Å². The minimum absolute atomic E-state index is 0.325. The van der Waals surface area contributed by atoms with Crippen LogP contribution in [0.4, 0.5) is 0 Å². The predicted molar refractivity (Wildman–Crippen MR) is 82.5 cm³/mol. The minimum atomic E-state index is -3.11. The molecular weight excluding hydrogens is 270 g/mol. The predicted octanol–water partition coefficient (Wildman–Crippen LogP) is 3.18. The maximum absolute atomic E-state index is 11.5. The summed E-state index contributed by atoms with van der Waals surface area (Å²) < 4.78 is 23.0. The molecule has 112 valence electrons. The summed E-state index contributed by atoms with van der Waals surface area (Å²) in [5, 5.41) is 3.42. The van der Waals surface area contributed by atoms with Gasteiger partial charge in [-0.25, -0.2) is 8.42 Å². The van der Waals surface area contributed by atoms with Crippen molar-refractivity contribution in [1.29, 1.82) is 0 Å². The van der Waals surface area contributed by atoms with Crippen LogP contribution < -0.4 is 5.32 Å². The molecule has 0 heterocycles. The second-order valence-electron chi connectivity index (χ2n) is 6.14.